The van der Waals surface area contributed by atoms with Gasteiger partial charge in [-0.3, -0.25) is 19.3 Å². The van der Waals surface area contributed by atoms with Crippen LogP contribution in [0.25, 0.3) is 11.2 Å². The summed E-state index contributed by atoms with van der Waals surface area (Å²) >= 11 is 0. The van der Waals surface area contributed by atoms with Gasteiger partial charge in [0.05, 0.1) is 17.9 Å². The van der Waals surface area contributed by atoms with Crippen LogP contribution >= 0.6 is 0 Å². The van der Waals surface area contributed by atoms with Crippen molar-refractivity contribution in [3.63, 3.8) is 0 Å². The van der Waals surface area contributed by atoms with Crippen molar-refractivity contribution in [1.82, 2.24) is 24.5 Å². The second-order valence-electron chi connectivity index (χ2n) is 8.84. The standard InChI is InChI=1S/C19H18F3N5O.C7H7F/c1-11-9-25-14-8-13(12-4-2-3-5-12)18(28)27(17(14)26-11)10-15-16(19(20,21)22)24-7-6-23-15;1-6-3-2-4-7(8)5-6/h6-9,12H,2-5,10H2,1H3;2-5H,1H3. The second kappa shape index (κ2) is 10.5. The summed E-state index contributed by atoms with van der Waals surface area (Å²) in [4.78, 5) is 29.2. The molecule has 188 valence electrons. The third kappa shape index (κ3) is 5.75. The summed E-state index contributed by atoms with van der Waals surface area (Å²) in [6.07, 6.45) is 2.94. The van der Waals surface area contributed by atoms with Crippen LogP contribution in [-0.2, 0) is 12.7 Å². The van der Waals surface area contributed by atoms with E-state index in [1.54, 1.807) is 25.3 Å². The number of hydrogen-bond donors (Lipinski definition) is 0. The van der Waals surface area contributed by atoms with Gasteiger partial charge >= 0.3 is 6.18 Å². The first kappa shape index (κ1) is 25.4. The zero-order chi connectivity index (χ0) is 25.9. The number of fused-ring (bicyclic) bond motifs is 1. The molecule has 1 fully saturated rings. The van der Waals surface area contributed by atoms with Crippen LogP contribution in [0.2, 0.25) is 0 Å². The maximum absolute atomic E-state index is 13.3. The molecule has 0 saturated heterocycles. The van der Waals surface area contributed by atoms with Crippen molar-refractivity contribution in [2.24, 2.45) is 0 Å². The van der Waals surface area contributed by atoms with E-state index in [4.69, 9.17) is 0 Å². The summed E-state index contributed by atoms with van der Waals surface area (Å²) in [5, 5.41) is 0. The van der Waals surface area contributed by atoms with Crippen molar-refractivity contribution in [2.75, 3.05) is 0 Å². The van der Waals surface area contributed by atoms with E-state index in [0.717, 1.165) is 37.4 Å². The van der Waals surface area contributed by atoms with Gasteiger partial charge < -0.3 is 0 Å². The Morgan fingerprint density at radius 2 is 1.75 bits per heavy atom. The number of nitrogens with zero attached hydrogens (tertiary/aromatic N) is 5. The first-order valence-electron chi connectivity index (χ1n) is 11.6. The summed E-state index contributed by atoms with van der Waals surface area (Å²) < 4.78 is 53.4. The van der Waals surface area contributed by atoms with E-state index in [9.17, 15) is 22.4 Å². The molecule has 0 radical (unpaired) electrons. The van der Waals surface area contributed by atoms with Gasteiger partial charge in [0, 0.05) is 24.2 Å². The molecule has 36 heavy (non-hydrogen) atoms. The van der Waals surface area contributed by atoms with Crippen molar-refractivity contribution >= 4 is 11.2 Å². The molecule has 5 rings (SSSR count). The fourth-order valence-corrected chi connectivity index (χ4v) is 4.39. The summed E-state index contributed by atoms with van der Waals surface area (Å²) in [7, 11) is 0. The molecule has 10 heteroatoms. The predicted octanol–water partition coefficient (Wildman–Crippen LogP) is 5.75. The quantitative estimate of drug-likeness (QED) is 0.336. The molecule has 4 aromatic rings. The van der Waals surface area contributed by atoms with Gasteiger partial charge in [-0.25, -0.2) is 14.4 Å². The fourth-order valence-electron chi connectivity index (χ4n) is 4.39. The van der Waals surface area contributed by atoms with Crippen LogP contribution in [0.4, 0.5) is 17.6 Å². The molecule has 1 saturated carbocycles. The number of benzene rings is 1. The van der Waals surface area contributed by atoms with Crippen molar-refractivity contribution in [2.45, 2.75) is 58.2 Å². The Balaban J connectivity index is 0.000000325. The Hall–Kier alpha value is -3.69. The SMILES string of the molecule is Cc1cccc(F)c1.Cc1cnc2cc(C3CCCC3)c(=O)n(Cc3nccnc3C(F)(F)F)c2n1. The highest BCUT2D eigenvalue weighted by Crippen LogP contribution is 2.34. The lowest BCUT2D eigenvalue weighted by molar-refractivity contribution is -0.142. The van der Waals surface area contributed by atoms with E-state index in [2.05, 4.69) is 19.9 Å². The number of rotatable bonds is 3. The average molecular weight is 500 g/mol. The lowest BCUT2D eigenvalue weighted by atomic mass is 9.98. The van der Waals surface area contributed by atoms with Crippen LogP contribution in [0.3, 0.4) is 0 Å². The normalized spacial score (nSPS) is 14.1. The molecule has 0 atom stereocenters. The second-order valence-corrected chi connectivity index (χ2v) is 8.84. The van der Waals surface area contributed by atoms with Crippen molar-refractivity contribution < 1.29 is 17.6 Å². The number of aromatic nitrogens is 5. The Kier molecular flexibility index (Phi) is 7.42. The van der Waals surface area contributed by atoms with E-state index in [1.165, 1.54) is 22.9 Å². The maximum Gasteiger partial charge on any atom is 0.435 e. The van der Waals surface area contributed by atoms with Crippen LogP contribution in [0.1, 0.15) is 59.8 Å². The molecule has 0 unspecified atom stereocenters. The van der Waals surface area contributed by atoms with Gasteiger partial charge in [-0.15, -0.1) is 0 Å². The van der Waals surface area contributed by atoms with E-state index in [1.807, 2.05) is 13.0 Å². The van der Waals surface area contributed by atoms with Crippen molar-refractivity contribution in [3.05, 3.63) is 93.3 Å². The van der Waals surface area contributed by atoms with Crippen LogP contribution in [-0.4, -0.2) is 24.5 Å². The van der Waals surface area contributed by atoms with Crippen LogP contribution < -0.4 is 5.56 Å². The third-order valence-electron chi connectivity index (χ3n) is 6.07. The molecule has 1 aliphatic rings. The zero-order valence-corrected chi connectivity index (χ0v) is 19.9. The molecule has 1 aliphatic carbocycles. The van der Waals surface area contributed by atoms with Crippen molar-refractivity contribution in [1.29, 1.82) is 0 Å². The summed E-state index contributed by atoms with van der Waals surface area (Å²) in [6.45, 7) is 3.22. The largest absolute Gasteiger partial charge is 0.435 e. The summed E-state index contributed by atoms with van der Waals surface area (Å²) in [5.74, 6) is -0.0693. The summed E-state index contributed by atoms with van der Waals surface area (Å²) in [5.41, 5.74) is 1.12. The lowest BCUT2D eigenvalue weighted by Gasteiger charge is -2.16. The van der Waals surface area contributed by atoms with E-state index < -0.39 is 11.9 Å². The number of halogens is 4. The monoisotopic (exact) mass is 499 g/mol. The lowest BCUT2D eigenvalue weighted by Crippen LogP contribution is -2.28. The first-order chi connectivity index (χ1) is 17.1. The van der Waals surface area contributed by atoms with E-state index in [-0.39, 0.29) is 35.2 Å². The predicted molar refractivity (Wildman–Crippen MR) is 127 cm³/mol. The number of hydrogen-bond acceptors (Lipinski definition) is 5. The summed E-state index contributed by atoms with van der Waals surface area (Å²) in [6, 6.07) is 8.23. The third-order valence-corrected chi connectivity index (χ3v) is 6.07. The van der Waals surface area contributed by atoms with Gasteiger partial charge in [0.25, 0.3) is 5.56 Å². The molecule has 1 aromatic carbocycles. The Morgan fingerprint density at radius 1 is 1.03 bits per heavy atom. The fraction of sp³-hybridized carbons (Fsp3) is 0.346. The smallest absolute Gasteiger partial charge is 0.285 e. The molecule has 0 amide bonds. The Bertz CT molecular complexity index is 1410. The number of alkyl halides is 3. The molecule has 6 nitrogen and oxygen atoms in total. The topological polar surface area (TPSA) is 73.6 Å². The van der Waals surface area contributed by atoms with Crippen LogP contribution in [0.15, 0.2) is 53.7 Å². The van der Waals surface area contributed by atoms with Crippen molar-refractivity contribution in [3.8, 4) is 0 Å². The molecule has 0 N–H and O–H groups in total. The molecule has 0 aliphatic heterocycles. The number of aryl methyl sites for hydroxylation is 2. The van der Waals surface area contributed by atoms with Gasteiger partial charge in [0.2, 0.25) is 0 Å². The average Bonchev–Trinajstić information content (AvgIpc) is 3.36. The highest BCUT2D eigenvalue weighted by atomic mass is 19.4. The minimum atomic E-state index is -4.66. The molecule has 3 aromatic heterocycles. The Morgan fingerprint density at radius 3 is 2.39 bits per heavy atom. The highest BCUT2D eigenvalue weighted by Gasteiger charge is 2.36. The van der Waals surface area contributed by atoms with E-state index >= 15 is 0 Å². The van der Waals surface area contributed by atoms with Gasteiger partial charge in [0.1, 0.15) is 11.3 Å². The molecular formula is C26H25F4N5O. The molecular weight excluding hydrogens is 474 g/mol. The van der Waals surface area contributed by atoms with Gasteiger partial charge in [0.15, 0.2) is 11.3 Å². The Labute approximate surface area is 205 Å². The van der Waals surface area contributed by atoms with Crippen LogP contribution in [0, 0.1) is 19.7 Å². The zero-order valence-electron chi connectivity index (χ0n) is 19.9. The van der Waals surface area contributed by atoms with E-state index in [0.29, 0.717) is 16.8 Å². The van der Waals surface area contributed by atoms with Gasteiger partial charge in [-0.05, 0) is 56.4 Å². The maximum atomic E-state index is 13.3. The molecule has 0 spiro atoms. The van der Waals surface area contributed by atoms with Crippen LogP contribution in [0.5, 0.6) is 0 Å². The van der Waals surface area contributed by atoms with Gasteiger partial charge in [-0.2, -0.15) is 13.2 Å². The first-order valence-corrected chi connectivity index (χ1v) is 11.6. The highest BCUT2D eigenvalue weighted by molar-refractivity contribution is 5.71. The minimum Gasteiger partial charge on any atom is -0.285 e. The minimum absolute atomic E-state index is 0.0928. The molecule has 0 bridgehead atoms. The number of pyridine rings is 1. The molecule has 3 heterocycles. The van der Waals surface area contributed by atoms with Gasteiger partial charge in [-0.1, -0.05) is 25.0 Å².